The number of amides is 1. The molecule has 7 heteroatoms. The van der Waals surface area contributed by atoms with Gasteiger partial charge < -0.3 is 25.6 Å². The van der Waals surface area contributed by atoms with Crippen molar-refractivity contribution in [1.29, 1.82) is 0 Å². The van der Waals surface area contributed by atoms with Gasteiger partial charge in [-0.05, 0) is 24.8 Å². The van der Waals surface area contributed by atoms with Gasteiger partial charge in [-0.3, -0.25) is 4.79 Å². The summed E-state index contributed by atoms with van der Waals surface area (Å²) in [7, 11) is 0. The van der Waals surface area contributed by atoms with E-state index in [2.05, 4.69) is 5.32 Å². The third-order valence-electron chi connectivity index (χ3n) is 3.85. The van der Waals surface area contributed by atoms with Crippen molar-refractivity contribution in [2.75, 3.05) is 26.4 Å². The second-order valence-electron chi connectivity index (χ2n) is 5.37. The molecular formula is C16H25ClN2O4. The molecule has 0 radical (unpaired) electrons. The third kappa shape index (κ3) is 5.99. The third-order valence-corrected chi connectivity index (χ3v) is 3.85. The zero-order valence-electron chi connectivity index (χ0n) is 13.1. The number of hydrogen-bond donors (Lipinski definition) is 3. The predicted molar refractivity (Wildman–Crippen MR) is 89.6 cm³/mol. The second kappa shape index (κ2) is 10.4. The molecule has 0 spiro atoms. The number of nitrogens with one attached hydrogen (secondary N) is 1. The van der Waals surface area contributed by atoms with Gasteiger partial charge in [0.05, 0.1) is 12.6 Å². The van der Waals surface area contributed by atoms with Crippen LogP contribution in [-0.4, -0.2) is 43.5 Å². The summed E-state index contributed by atoms with van der Waals surface area (Å²) in [6.45, 7) is 1.88. The molecule has 0 aliphatic carbocycles. The van der Waals surface area contributed by atoms with Crippen molar-refractivity contribution in [2.45, 2.75) is 25.4 Å². The molecule has 130 valence electrons. The molecule has 1 unspecified atom stereocenters. The molecule has 2 rings (SSSR count). The van der Waals surface area contributed by atoms with Crippen LogP contribution in [0.25, 0.3) is 0 Å². The Kier molecular flexibility index (Phi) is 8.94. The van der Waals surface area contributed by atoms with Crippen LogP contribution >= 0.6 is 12.4 Å². The van der Waals surface area contributed by atoms with Crippen LogP contribution in [0.3, 0.4) is 0 Å². The first-order valence-corrected chi connectivity index (χ1v) is 7.65. The highest BCUT2D eigenvalue weighted by Crippen LogP contribution is 2.19. The number of para-hydroxylation sites is 1. The highest BCUT2D eigenvalue weighted by atomic mass is 35.5. The number of aliphatic hydroxyl groups excluding tert-OH is 1. The standard InChI is InChI=1S/C16H24N2O4.ClH/c17-15(12-5-8-21-9-6-12)16(20)18-11-13-3-1-2-4-14(13)22-10-7-19;/h1-4,12,15,19H,5-11,17H2,(H,18,20);1H. The first-order valence-electron chi connectivity index (χ1n) is 7.65. The van der Waals surface area contributed by atoms with Crippen LogP contribution in [0.2, 0.25) is 0 Å². The lowest BCUT2D eigenvalue weighted by atomic mass is 9.92. The van der Waals surface area contributed by atoms with Crippen LogP contribution in [0.5, 0.6) is 5.75 Å². The van der Waals surface area contributed by atoms with Crippen LogP contribution in [0, 0.1) is 5.92 Å². The van der Waals surface area contributed by atoms with E-state index in [0.717, 1.165) is 18.4 Å². The molecule has 0 bridgehead atoms. The van der Waals surface area contributed by atoms with E-state index in [1.54, 1.807) is 0 Å². The minimum absolute atomic E-state index is 0. The minimum Gasteiger partial charge on any atom is -0.491 e. The minimum atomic E-state index is -0.505. The van der Waals surface area contributed by atoms with Gasteiger partial charge in [0, 0.05) is 25.3 Å². The number of carbonyl (C=O) groups is 1. The van der Waals surface area contributed by atoms with Gasteiger partial charge in [-0.25, -0.2) is 0 Å². The van der Waals surface area contributed by atoms with E-state index in [0.29, 0.717) is 25.5 Å². The average molecular weight is 345 g/mol. The zero-order valence-corrected chi connectivity index (χ0v) is 13.9. The van der Waals surface area contributed by atoms with Crippen molar-refractivity contribution in [3.8, 4) is 5.75 Å². The van der Waals surface area contributed by atoms with Crippen molar-refractivity contribution in [2.24, 2.45) is 11.7 Å². The molecule has 0 saturated carbocycles. The van der Waals surface area contributed by atoms with E-state index >= 15 is 0 Å². The second-order valence-corrected chi connectivity index (χ2v) is 5.37. The van der Waals surface area contributed by atoms with E-state index < -0.39 is 6.04 Å². The summed E-state index contributed by atoms with van der Waals surface area (Å²) >= 11 is 0. The largest absolute Gasteiger partial charge is 0.491 e. The van der Waals surface area contributed by atoms with E-state index in [1.165, 1.54) is 0 Å². The highest BCUT2D eigenvalue weighted by Gasteiger charge is 2.26. The molecular weight excluding hydrogens is 320 g/mol. The monoisotopic (exact) mass is 344 g/mol. The Balaban J connectivity index is 0.00000264. The Morgan fingerprint density at radius 3 is 2.78 bits per heavy atom. The molecule has 1 aliphatic rings. The summed E-state index contributed by atoms with van der Waals surface area (Å²) in [4.78, 5) is 12.2. The molecule has 6 nitrogen and oxygen atoms in total. The van der Waals surface area contributed by atoms with Gasteiger partial charge in [-0.2, -0.15) is 0 Å². The molecule has 4 N–H and O–H groups in total. The van der Waals surface area contributed by atoms with Gasteiger partial charge >= 0.3 is 0 Å². The molecule has 1 fully saturated rings. The Morgan fingerprint density at radius 2 is 2.09 bits per heavy atom. The molecule has 1 aliphatic heterocycles. The fourth-order valence-electron chi connectivity index (χ4n) is 2.54. The van der Waals surface area contributed by atoms with Gasteiger partial charge in [-0.15, -0.1) is 12.4 Å². The van der Waals surface area contributed by atoms with Crippen molar-refractivity contribution < 1.29 is 19.4 Å². The van der Waals surface area contributed by atoms with Gasteiger partial charge in [-0.1, -0.05) is 18.2 Å². The van der Waals surface area contributed by atoms with Crippen molar-refractivity contribution in [3.05, 3.63) is 29.8 Å². The Labute approximate surface area is 142 Å². The van der Waals surface area contributed by atoms with Crippen LogP contribution in [0.4, 0.5) is 0 Å². The summed E-state index contributed by atoms with van der Waals surface area (Å²) in [5, 5.41) is 11.7. The van der Waals surface area contributed by atoms with Crippen LogP contribution < -0.4 is 15.8 Å². The normalized spacial score (nSPS) is 16.3. The van der Waals surface area contributed by atoms with Gasteiger partial charge in [0.15, 0.2) is 0 Å². The van der Waals surface area contributed by atoms with E-state index in [4.69, 9.17) is 20.3 Å². The molecule has 0 aromatic heterocycles. The lowest BCUT2D eigenvalue weighted by molar-refractivity contribution is -0.124. The maximum atomic E-state index is 12.2. The Hall–Kier alpha value is -1.34. The number of nitrogens with two attached hydrogens (primary N) is 1. The Morgan fingerprint density at radius 1 is 1.39 bits per heavy atom. The first kappa shape index (κ1) is 19.7. The summed E-state index contributed by atoms with van der Waals surface area (Å²) < 4.78 is 10.7. The summed E-state index contributed by atoms with van der Waals surface area (Å²) in [6, 6.07) is 6.93. The fraction of sp³-hybridized carbons (Fsp3) is 0.562. The van der Waals surface area contributed by atoms with Gasteiger partial charge in [0.1, 0.15) is 12.4 Å². The summed E-state index contributed by atoms with van der Waals surface area (Å²) in [5.74, 6) is 0.690. The summed E-state index contributed by atoms with van der Waals surface area (Å²) in [6.07, 6.45) is 1.65. The molecule has 1 saturated heterocycles. The SMILES string of the molecule is Cl.NC(C(=O)NCc1ccccc1OCCO)C1CCOCC1. The van der Waals surface area contributed by atoms with Gasteiger partial charge in [0.2, 0.25) is 5.91 Å². The van der Waals surface area contributed by atoms with Crippen molar-refractivity contribution in [3.63, 3.8) is 0 Å². The molecule has 1 aromatic rings. The number of rotatable bonds is 7. The fourth-order valence-corrected chi connectivity index (χ4v) is 2.54. The lowest BCUT2D eigenvalue weighted by Gasteiger charge is -2.26. The van der Waals surface area contributed by atoms with E-state index in [1.807, 2.05) is 24.3 Å². The number of hydrogen-bond acceptors (Lipinski definition) is 5. The zero-order chi connectivity index (χ0) is 15.8. The molecule has 1 atom stereocenters. The average Bonchev–Trinajstić information content (AvgIpc) is 2.58. The van der Waals surface area contributed by atoms with Crippen LogP contribution in [0.15, 0.2) is 24.3 Å². The smallest absolute Gasteiger partial charge is 0.237 e. The maximum absolute atomic E-state index is 12.2. The number of carbonyl (C=O) groups excluding carboxylic acids is 1. The number of ether oxygens (including phenoxy) is 2. The van der Waals surface area contributed by atoms with Crippen LogP contribution in [-0.2, 0) is 16.1 Å². The molecule has 23 heavy (non-hydrogen) atoms. The number of halogens is 1. The molecule has 1 amide bonds. The van der Waals surface area contributed by atoms with Crippen molar-refractivity contribution in [1.82, 2.24) is 5.32 Å². The van der Waals surface area contributed by atoms with E-state index in [-0.39, 0.29) is 37.4 Å². The maximum Gasteiger partial charge on any atom is 0.237 e. The van der Waals surface area contributed by atoms with Gasteiger partial charge in [0.25, 0.3) is 0 Å². The predicted octanol–water partition coefficient (Wildman–Crippen LogP) is 0.850. The first-order chi connectivity index (χ1) is 10.7. The molecule has 1 aromatic carbocycles. The highest BCUT2D eigenvalue weighted by molar-refractivity contribution is 5.85. The van der Waals surface area contributed by atoms with Crippen molar-refractivity contribution >= 4 is 18.3 Å². The Bertz CT molecular complexity index is 481. The molecule has 1 heterocycles. The number of aliphatic hydroxyl groups is 1. The van der Waals surface area contributed by atoms with E-state index in [9.17, 15) is 4.79 Å². The quantitative estimate of drug-likeness (QED) is 0.681. The lowest BCUT2D eigenvalue weighted by Crippen LogP contribution is -2.46. The topological polar surface area (TPSA) is 93.8 Å². The van der Waals surface area contributed by atoms with Crippen LogP contribution in [0.1, 0.15) is 18.4 Å². The number of benzene rings is 1. The summed E-state index contributed by atoms with van der Waals surface area (Å²) in [5.41, 5.74) is 6.91.